The van der Waals surface area contributed by atoms with Crippen molar-refractivity contribution < 1.29 is 24.9 Å². The zero-order chi connectivity index (χ0) is 21.5. The van der Waals surface area contributed by atoms with E-state index >= 15 is 0 Å². The first-order chi connectivity index (χ1) is 14.3. The molecular formula is C24H21NO5. The molecule has 1 aliphatic heterocycles. The summed E-state index contributed by atoms with van der Waals surface area (Å²) in [5, 5.41) is 31.0. The minimum Gasteiger partial charge on any atom is -0.508 e. The molecule has 0 aromatic heterocycles. The van der Waals surface area contributed by atoms with Crippen molar-refractivity contribution in [1.29, 1.82) is 0 Å². The van der Waals surface area contributed by atoms with Gasteiger partial charge in [0.25, 0.3) is 5.91 Å². The molecule has 0 saturated carbocycles. The van der Waals surface area contributed by atoms with Crippen molar-refractivity contribution in [3.8, 4) is 11.5 Å². The largest absolute Gasteiger partial charge is 0.508 e. The fourth-order valence-electron chi connectivity index (χ4n) is 3.87. The van der Waals surface area contributed by atoms with E-state index in [4.69, 9.17) is 0 Å². The molecule has 4 rings (SSSR count). The maximum Gasteiger partial charge on any atom is 0.264 e. The summed E-state index contributed by atoms with van der Waals surface area (Å²) in [6, 6.07) is 18.1. The van der Waals surface area contributed by atoms with Gasteiger partial charge in [0.2, 0.25) is 0 Å². The van der Waals surface area contributed by atoms with Crippen LogP contribution in [-0.4, -0.2) is 27.0 Å². The normalized spacial score (nSPS) is 17.8. The highest BCUT2D eigenvalue weighted by Gasteiger charge is 2.51. The number of rotatable bonds is 5. The number of phenols is 2. The lowest BCUT2D eigenvalue weighted by atomic mass is 9.88. The molecule has 0 spiro atoms. The van der Waals surface area contributed by atoms with Crippen molar-refractivity contribution in [1.82, 2.24) is 0 Å². The van der Waals surface area contributed by atoms with E-state index in [0.29, 0.717) is 11.3 Å². The maximum absolute atomic E-state index is 13.3. The molecule has 0 fully saturated rings. The van der Waals surface area contributed by atoms with E-state index in [-0.39, 0.29) is 23.6 Å². The van der Waals surface area contributed by atoms with Crippen LogP contribution >= 0.6 is 0 Å². The van der Waals surface area contributed by atoms with Crippen molar-refractivity contribution in [2.24, 2.45) is 0 Å². The van der Waals surface area contributed by atoms with Gasteiger partial charge in [0.15, 0.2) is 11.4 Å². The Labute approximate surface area is 173 Å². The predicted octanol–water partition coefficient (Wildman–Crippen LogP) is 3.41. The third-order valence-electron chi connectivity index (χ3n) is 5.53. The standard InChI is InChI=1S/C24H21NO5/c1-15-6-2-3-7-16(15)14-25-20-9-5-4-8-19(20)24(30,23(25)29)13-22(28)18-12-17(26)10-11-21(18)27/h2-12,26-27,30H,13-14H2,1H3/t24-/m1/s1. The molecule has 1 amide bonds. The number of ketones is 1. The first-order valence-corrected chi connectivity index (χ1v) is 9.55. The molecule has 0 unspecified atom stereocenters. The fraction of sp³-hybridized carbons (Fsp3) is 0.167. The van der Waals surface area contributed by atoms with E-state index in [9.17, 15) is 24.9 Å². The van der Waals surface area contributed by atoms with Gasteiger partial charge in [-0.3, -0.25) is 9.59 Å². The summed E-state index contributed by atoms with van der Waals surface area (Å²) in [7, 11) is 0. The molecule has 0 aliphatic carbocycles. The number of nitrogens with zero attached hydrogens (tertiary/aromatic N) is 1. The highest BCUT2D eigenvalue weighted by Crippen LogP contribution is 2.44. The molecule has 6 heteroatoms. The second-order valence-electron chi connectivity index (χ2n) is 7.50. The van der Waals surface area contributed by atoms with E-state index in [0.717, 1.165) is 17.2 Å². The number of aliphatic hydroxyl groups is 1. The number of carbonyl (C=O) groups excluding carboxylic acids is 2. The van der Waals surface area contributed by atoms with E-state index < -0.39 is 23.7 Å². The first-order valence-electron chi connectivity index (χ1n) is 9.55. The Morgan fingerprint density at radius 3 is 2.47 bits per heavy atom. The average Bonchev–Trinajstić information content (AvgIpc) is 2.93. The first kappa shape index (κ1) is 19.7. The molecule has 0 bridgehead atoms. The van der Waals surface area contributed by atoms with Gasteiger partial charge in [0.05, 0.1) is 24.2 Å². The summed E-state index contributed by atoms with van der Waals surface area (Å²) in [5.41, 5.74) is 0.624. The highest BCUT2D eigenvalue weighted by molar-refractivity contribution is 6.11. The number of aryl methyl sites for hydroxylation is 1. The number of fused-ring (bicyclic) bond motifs is 1. The SMILES string of the molecule is Cc1ccccc1CN1C(=O)[C@@](O)(CC(=O)c2cc(O)ccc2O)c2ccccc21. The summed E-state index contributed by atoms with van der Waals surface area (Å²) in [4.78, 5) is 27.7. The number of carbonyl (C=O) groups is 2. The number of para-hydroxylation sites is 1. The molecular weight excluding hydrogens is 382 g/mol. The molecule has 6 nitrogen and oxygen atoms in total. The van der Waals surface area contributed by atoms with E-state index in [1.54, 1.807) is 24.3 Å². The van der Waals surface area contributed by atoms with Crippen LogP contribution < -0.4 is 4.90 Å². The van der Waals surface area contributed by atoms with Crippen LogP contribution in [0.2, 0.25) is 0 Å². The number of benzene rings is 3. The Bertz CT molecular complexity index is 1160. The van der Waals surface area contributed by atoms with Crippen LogP contribution in [0, 0.1) is 6.92 Å². The van der Waals surface area contributed by atoms with Crippen molar-refractivity contribution >= 4 is 17.4 Å². The van der Waals surface area contributed by atoms with Crippen LogP contribution in [-0.2, 0) is 16.9 Å². The Kier molecular flexibility index (Phi) is 4.79. The van der Waals surface area contributed by atoms with E-state index in [1.807, 2.05) is 31.2 Å². The second-order valence-corrected chi connectivity index (χ2v) is 7.50. The number of phenolic OH excluding ortho intramolecular Hbond substituents is 2. The average molecular weight is 403 g/mol. The molecule has 30 heavy (non-hydrogen) atoms. The van der Waals surface area contributed by atoms with Crippen molar-refractivity contribution in [2.75, 3.05) is 4.90 Å². The van der Waals surface area contributed by atoms with E-state index in [2.05, 4.69) is 0 Å². The topological polar surface area (TPSA) is 98.1 Å². The van der Waals surface area contributed by atoms with Gasteiger partial charge < -0.3 is 20.2 Å². The van der Waals surface area contributed by atoms with Crippen LogP contribution in [0.3, 0.4) is 0 Å². The monoisotopic (exact) mass is 403 g/mol. The second kappa shape index (κ2) is 7.31. The molecule has 3 aromatic rings. The zero-order valence-corrected chi connectivity index (χ0v) is 16.4. The Balaban J connectivity index is 1.71. The van der Waals surface area contributed by atoms with Crippen LogP contribution in [0.5, 0.6) is 11.5 Å². The molecule has 1 aliphatic rings. The minimum atomic E-state index is -2.06. The van der Waals surface area contributed by atoms with Crippen LogP contribution in [0.4, 0.5) is 5.69 Å². The van der Waals surface area contributed by atoms with E-state index in [1.165, 1.54) is 17.0 Å². The van der Waals surface area contributed by atoms with Gasteiger partial charge >= 0.3 is 0 Å². The number of Topliss-reactive ketones (excluding diaryl/α,β-unsaturated/α-hetero) is 1. The highest BCUT2D eigenvalue weighted by atomic mass is 16.3. The summed E-state index contributed by atoms with van der Waals surface area (Å²) in [6.45, 7) is 2.21. The molecule has 0 saturated heterocycles. The molecule has 3 aromatic carbocycles. The number of hydrogen-bond donors (Lipinski definition) is 3. The van der Waals surface area contributed by atoms with Crippen LogP contribution in [0.25, 0.3) is 0 Å². The van der Waals surface area contributed by atoms with Gasteiger partial charge in [-0.2, -0.15) is 0 Å². The quantitative estimate of drug-likeness (QED) is 0.448. The molecule has 3 N–H and O–H groups in total. The van der Waals surface area contributed by atoms with Crippen LogP contribution in [0.15, 0.2) is 66.7 Å². The number of aromatic hydroxyl groups is 2. The maximum atomic E-state index is 13.3. The predicted molar refractivity (Wildman–Crippen MR) is 111 cm³/mol. The molecule has 152 valence electrons. The molecule has 0 radical (unpaired) electrons. The summed E-state index contributed by atoms with van der Waals surface area (Å²) in [5.74, 6) is -1.76. The summed E-state index contributed by atoms with van der Waals surface area (Å²) >= 11 is 0. The summed E-state index contributed by atoms with van der Waals surface area (Å²) in [6.07, 6.45) is -0.551. The number of anilines is 1. The Morgan fingerprint density at radius 1 is 1.00 bits per heavy atom. The third-order valence-corrected chi connectivity index (χ3v) is 5.53. The molecule has 1 atom stereocenters. The summed E-state index contributed by atoms with van der Waals surface area (Å²) < 4.78 is 0. The van der Waals surface area contributed by atoms with Crippen molar-refractivity contribution in [3.05, 3.63) is 89.0 Å². The Morgan fingerprint density at radius 2 is 1.70 bits per heavy atom. The number of hydrogen-bond acceptors (Lipinski definition) is 5. The lowest BCUT2D eigenvalue weighted by Gasteiger charge is -2.23. The smallest absolute Gasteiger partial charge is 0.264 e. The van der Waals surface area contributed by atoms with Crippen LogP contribution in [0.1, 0.15) is 33.5 Å². The van der Waals surface area contributed by atoms with Gasteiger partial charge in [-0.1, -0.05) is 42.5 Å². The van der Waals surface area contributed by atoms with Gasteiger partial charge in [0, 0.05) is 5.56 Å². The fourth-order valence-corrected chi connectivity index (χ4v) is 3.87. The van der Waals surface area contributed by atoms with Crippen molar-refractivity contribution in [2.45, 2.75) is 25.5 Å². The van der Waals surface area contributed by atoms with Gasteiger partial charge in [-0.25, -0.2) is 0 Å². The lowest BCUT2D eigenvalue weighted by Crippen LogP contribution is -2.41. The third kappa shape index (κ3) is 3.21. The van der Waals surface area contributed by atoms with Crippen molar-refractivity contribution in [3.63, 3.8) is 0 Å². The minimum absolute atomic E-state index is 0.147. The zero-order valence-electron chi connectivity index (χ0n) is 16.4. The van der Waals surface area contributed by atoms with Gasteiger partial charge in [-0.15, -0.1) is 0 Å². The van der Waals surface area contributed by atoms with Gasteiger partial charge in [0.1, 0.15) is 11.5 Å². The Hall–Kier alpha value is -3.64. The number of amides is 1. The molecule has 1 heterocycles. The van der Waals surface area contributed by atoms with Gasteiger partial charge in [-0.05, 0) is 42.3 Å². The lowest BCUT2D eigenvalue weighted by molar-refractivity contribution is -0.136.